The van der Waals surface area contributed by atoms with Crippen LogP contribution in [0.15, 0.2) is 12.1 Å². The summed E-state index contributed by atoms with van der Waals surface area (Å²) in [5.41, 5.74) is -1.85. The van der Waals surface area contributed by atoms with Crippen molar-refractivity contribution in [2.45, 2.75) is 25.3 Å². The van der Waals surface area contributed by atoms with E-state index in [9.17, 15) is 23.7 Å². The number of nitrogens with one attached hydrogen (secondary N) is 1. The van der Waals surface area contributed by atoms with Crippen molar-refractivity contribution < 1.29 is 23.2 Å². The van der Waals surface area contributed by atoms with Gasteiger partial charge in [-0.25, -0.2) is 8.78 Å². The fourth-order valence-electron chi connectivity index (χ4n) is 2.16. The van der Waals surface area contributed by atoms with E-state index in [1.807, 2.05) is 0 Å². The molecule has 0 aliphatic carbocycles. The van der Waals surface area contributed by atoms with Crippen molar-refractivity contribution in [2.75, 3.05) is 13.2 Å². The Kier molecular flexibility index (Phi) is 4.17. The highest BCUT2D eigenvalue weighted by atomic mass is 19.2. The number of hydrogen-bond acceptors (Lipinski definition) is 4. The Labute approximate surface area is 119 Å². The van der Waals surface area contributed by atoms with Gasteiger partial charge in [-0.05, 0) is 25.8 Å². The van der Waals surface area contributed by atoms with Crippen molar-refractivity contribution in [3.05, 3.63) is 39.4 Å². The molecule has 2 rings (SSSR count). The van der Waals surface area contributed by atoms with Gasteiger partial charge in [-0.3, -0.25) is 14.9 Å². The van der Waals surface area contributed by atoms with E-state index in [-0.39, 0.29) is 0 Å². The van der Waals surface area contributed by atoms with Crippen molar-refractivity contribution in [2.24, 2.45) is 0 Å². The molecule has 1 aromatic carbocycles. The zero-order chi connectivity index (χ0) is 15.6. The topological polar surface area (TPSA) is 81.5 Å². The largest absolute Gasteiger partial charge is 0.381 e. The molecule has 0 aromatic heterocycles. The highest BCUT2D eigenvalue weighted by molar-refractivity contribution is 5.98. The van der Waals surface area contributed by atoms with Gasteiger partial charge in [0.25, 0.3) is 11.6 Å². The van der Waals surface area contributed by atoms with Crippen LogP contribution in [-0.4, -0.2) is 29.6 Å². The Balaban J connectivity index is 2.30. The molecule has 1 N–H and O–H groups in total. The molecule has 1 aliphatic rings. The third-order valence-corrected chi connectivity index (χ3v) is 3.49. The number of benzene rings is 1. The first kappa shape index (κ1) is 15.3. The first-order chi connectivity index (χ1) is 9.82. The second-order valence-corrected chi connectivity index (χ2v) is 5.17. The molecule has 1 fully saturated rings. The molecule has 21 heavy (non-hydrogen) atoms. The van der Waals surface area contributed by atoms with Gasteiger partial charge in [0.15, 0.2) is 11.6 Å². The number of nitrogens with zero attached hydrogens (tertiary/aromatic N) is 1. The van der Waals surface area contributed by atoms with Crippen LogP contribution in [0.5, 0.6) is 0 Å². The molecule has 1 saturated heterocycles. The van der Waals surface area contributed by atoms with Gasteiger partial charge in [-0.2, -0.15) is 0 Å². The molecule has 1 aliphatic heterocycles. The summed E-state index contributed by atoms with van der Waals surface area (Å²) in [6, 6.07) is 0.960. The summed E-state index contributed by atoms with van der Waals surface area (Å²) < 4.78 is 31.5. The molecule has 8 heteroatoms. The van der Waals surface area contributed by atoms with Gasteiger partial charge < -0.3 is 10.1 Å². The Morgan fingerprint density at radius 3 is 2.48 bits per heavy atom. The number of carbonyl (C=O) groups excluding carboxylic acids is 1. The predicted molar refractivity (Wildman–Crippen MR) is 68.9 cm³/mol. The molecule has 114 valence electrons. The van der Waals surface area contributed by atoms with E-state index in [1.165, 1.54) is 0 Å². The Hall–Kier alpha value is -2.09. The Bertz CT molecular complexity index is 586. The number of rotatable bonds is 3. The lowest BCUT2D eigenvalue weighted by Crippen LogP contribution is -2.49. The monoisotopic (exact) mass is 300 g/mol. The molecule has 0 atom stereocenters. The average molecular weight is 300 g/mol. The number of carbonyl (C=O) groups is 1. The first-order valence-corrected chi connectivity index (χ1v) is 6.36. The molecule has 1 heterocycles. The highest BCUT2D eigenvalue weighted by Crippen LogP contribution is 2.25. The lowest BCUT2D eigenvalue weighted by molar-refractivity contribution is -0.385. The summed E-state index contributed by atoms with van der Waals surface area (Å²) in [6.07, 6.45) is 1.08. The number of hydrogen-bond donors (Lipinski definition) is 1. The van der Waals surface area contributed by atoms with Gasteiger partial charge in [-0.15, -0.1) is 0 Å². The quantitative estimate of drug-likeness (QED) is 0.685. The molecular weight excluding hydrogens is 286 g/mol. The van der Waals surface area contributed by atoms with E-state index >= 15 is 0 Å². The summed E-state index contributed by atoms with van der Waals surface area (Å²) in [4.78, 5) is 22.1. The maximum atomic E-state index is 13.3. The van der Waals surface area contributed by atoms with E-state index in [0.29, 0.717) is 38.2 Å². The lowest BCUT2D eigenvalue weighted by atomic mass is 9.92. The third kappa shape index (κ3) is 3.33. The maximum Gasteiger partial charge on any atom is 0.285 e. The zero-order valence-electron chi connectivity index (χ0n) is 11.3. The lowest BCUT2D eigenvalue weighted by Gasteiger charge is -2.34. The van der Waals surface area contributed by atoms with Gasteiger partial charge in [-0.1, -0.05) is 0 Å². The van der Waals surface area contributed by atoms with E-state index in [0.717, 1.165) is 0 Å². The number of ether oxygens (including phenoxy) is 1. The van der Waals surface area contributed by atoms with Crippen molar-refractivity contribution >= 4 is 11.6 Å². The molecular formula is C13H14F2N2O4. The second kappa shape index (κ2) is 5.72. The van der Waals surface area contributed by atoms with E-state index < -0.39 is 39.3 Å². The van der Waals surface area contributed by atoms with E-state index in [1.54, 1.807) is 6.92 Å². The molecule has 0 bridgehead atoms. The van der Waals surface area contributed by atoms with Gasteiger partial charge in [0.2, 0.25) is 0 Å². The van der Waals surface area contributed by atoms with Crippen LogP contribution in [0, 0.1) is 21.7 Å². The van der Waals surface area contributed by atoms with E-state index in [2.05, 4.69) is 5.32 Å². The number of nitro benzene ring substituents is 1. The normalized spacial score (nSPS) is 17.3. The number of nitro groups is 1. The first-order valence-electron chi connectivity index (χ1n) is 6.36. The molecule has 0 spiro atoms. The maximum absolute atomic E-state index is 13.3. The van der Waals surface area contributed by atoms with Gasteiger partial charge in [0.1, 0.15) is 5.56 Å². The molecule has 0 unspecified atom stereocenters. The molecule has 1 amide bonds. The molecule has 1 aromatic rings. The summed E-state index contributed by atoms with van der Waals surface area (Å²) in [7, 11) is 0. The number of amides is 1. The molecule has 0 radical (unpaired) electrons. The minimum atomic E-state index is -1.37. The van der Waals surface area contributed by atoms with Gasteiger partial charge in [0.05, 0.1) is 11.0 Å². The second-order valence-electron chi connectivity index (χ2n) is 5.17. The summed E-state index contributed by atoms with van der Waals surface area (Å²) >= 11 is 0. The van der Waals surface area contributed by atoms with Crippen LogP contribution in [-0.2, 0) is 4.74 Å². The van der Waals surface area contributed by atoms with Crippen LogP contribution >= 0.6 is 0 Å². The third-order valence-electron chi connectivity index (χ3n) is 3.49. The smallest absolute Gasteiger partial charge is 0.285 e. The molecule has 0 saturated carbocycles. The van der Waals surface area contributed by atoms with Gasteiger partial charge in [0, 0.05) is 18.8 Å². The minimum Gasteiger partial charge on any atom is -0.381 e. The average Bonchev–Trinajstić information content (AvgIpc) is 2.41. The SMILES string of the molecule is CC1(NC(=O)c2cc(F)c(F)cc2[N+](=O)[O-])CCOCC1. The van der Waals surface area contributed by atoms with Crippen LogP contribution in [0.25, 0.3) is 0 Å². The fraction of sp³-hybridized carbons (Fsp3) is 0.462. The summed E-state index contributed by atoms with van der Waals surface area (Å²) in [5.74, 6) is -3.47. The van der Waals surface area contributed by atoms with Crippen molar-refractivity contribution in [3.8, 4) is 0 Å². The van der Waals surface area contributed by atoms with Crippen LogP contribution in [0.3, 0.4) is 0 Å². The van der Waals surface area contributed by atoms with Crippen molar-refractivity contribution in [1.82, 2.24) is 5.32 Å². The number of halogens is 2. The van der Waals surface area contributed by atoms with Crippen molar-refractivity contribution in [3.63, 3.8) is 0 Å². The van der Waals surface area contributed by atoms with Gasteiger partial charge >= 0.3 is 0 Å². The summed E-state index contributed by atoms with van der Waals surface area (Å²) in [5, 5.41) is 13.5. The van der Waals surface area contributed by atoms with E-state index in [4.69, 9.17) is 4.74 Å². The van der Waals surface area contributed by atoms with Crippen LogP contribution in [0.2, 0.25) is 0 Å². The summed E-state index contributed by atoms with van der Waals surface area (Å²) in [6.45, 7) is 2.69. The zero-order valence-corrected chi connectivity index (χ0v) is 11.3. The van der Waals surface area contributed by atoms with Crippen LogP contribution < -0.4 is 5.32 Å². The highest BCUT2D eigenvalue weighted by Gasteiger charge is 2.32. The Morgan fingerprint density at radius 1 is 1.33 bits per heavy atom. The van der Waals surface area contributed by atoms with Crippen LogP contribution in [0.1, 0.15) is 30.1 Å². The Morgan fingerprint density at radius 2 is 1.90 bits per heavy atom. The van der Waals surface area contributed by atoms with Crippen molar-refractivity contribution in [1.29, 1.82) is 0 Å². The van der Waals surface area contributed by atoms with Crippen LogP contribution in [0.4, 0.5) is 14.5 Å². The standard InChI is InChI=1S/C13H14F2N2O4/c1-13(2-4-21-5-3-13)16-12(18)8-6-9(14)10(15)7-11(8)17(19)20/h6-7H,2-5H2,1H3,(H,16,18). The fourth-order valence-corrected chi connectivity index (χ4v) is 2.16. The molecule has 6 nitrogen and oxygen atoms in total. The predicted octanol–water partition coefficient (Wildman–Crippen LogP) is 2.17. The minimum absolute atomic E-state index is 0.413.